The summed E-state index contributed by atoms with van der Waals surface area (Å²) in [5.41, 5.74) is 15.0. The van der Waals surface area contributed by atoms with E-state index in [1.54, 1.807) is 0 Å². The summed E-state index contributed by atoms with van der Waals surface area (Å²) in [6.07, 6.45) is 0. The second-order valence-electron chi connectivity index (χ2n) is 18.3. The third-order valence-corrected chi connectivity index (χ3v) is 13.7. The van der Waals surface area contributed by atoms with Crippen molar-refractivity contribution in [1.82, 2.24) is 9.13 Å². The molecule has 3 aromatic heterocycles. The highest BCUT2D eigenvalue weighted by atomic mass is 32.1. The van der Waals surface area contributed by atoms with Gasteiger partial charge in [0.2, 0.25) is 0 Å². The van der Waals surface area contributed by atoms with E-state index in [4.69, 9.17) is 0 Å². The quantitative estimate of drug-likeness (QED) is 0.168. The first kappa shape index (κ1) is 35.7. The van der Waals surface area contributed by atoms with Gasteiger partial charge in [-0.2, -0.15) is 0 Å². The first-order valence-electron chi connectivity index (χ1n) is 20.8. The van der Waals surface area contributed by atoms with E-state index in [1.807, 2.05) is 11.3 Å². The number of rotatable bonds is 4. The van der Waals surface area contributed by atoms with Crippen LogP contribution in [0.3, 0.4) is 0 Å². The van der Waals surface area contributed by atoms with Gasteiger partial charge in [-0.3, -0.25) is 0 Å². The van der Waals surface area contributed by atoms with Crippen LogP contribution in [0, 0.1) is 0 Å². The summed E-state index contributed by atoms with van der Waals surface area (Å²) in [6.45, 7) is 13.8. The minimum absolute atomic E-state index is 0.0759. The number of thiophene rings is 1. The summed E-state index contributed by atoms with van der Waals surface area (Å²) in [7, 11) is 0. The lowest BCUT2D eigenvalue weighted by Crippen LogP contribution is -2.10. The highest BCUT2D eigenvalue weighted by Crippen LogP contribution is 2.44. The van der Waals surface area contributed by atoms with E-state index in [2.05, 4.69) is 221 Å². The Labute approximate surface area is 349 Å². The maximum Gasteiger partial charge on any atom is 0.0555 e. The predicted octanol–water partition coefficient (Wildman–Crippen LogP) is 16.2. The molecule has 0 radical (unpaired) electrons. The van der Waals surface area contributed by atoms with Crippen molar-refractivity contribution in [2.75, 3.05) is 0 Å². The lowest BCUT2D eigenvalue weighted by Gasteiger charge is -2.19. The summed E-state index contributed by atoms with van der Waals surface area (Å²) >= 11 is 1.90. The van der Waals surface area contributed by atoms with E-state index in [0.29, 0.717) is 0 Å². The zero-order valence-corrected chi connectivity index (χ0v) is 35.3. The van der Waals surface area contributed by atoms with Gasteiger partial charge in [0.25, 0.3) is 0 Å². The van der Waals surface area contributed by atoms with Crippen molar-refractivity contribution in [3.63, 3.8) is 0 Å². The zero-order chi connectivity index (χ0) is 40.2. The minimum Gasteiger partial charge on any atom is -0.309 e. The zero-order valence-electron chi connectivity index (χ0n) is 34.5. The molecule has 0 bridgehead atoms. The highest BCUT2D eigenvalue weighted by molar-refractivity contribution is 7.26. The molecule has 0 aliphatic rings. The molecule has 8 aromatic carbocycles. The lowest BCUT2D eigenvalue weighted by molar-refractivity contribution is 0.590. The van der Waals surface area contributed by atoms with E-state index in [-0.39, 0.29) is 10.8 Å². The maximum atomic E-state index is 2.43. The molecule has 11 aromatic rings. The molecule has 0 fully saturated rings. The largest absolute Gasteiger partial charge is 0.309 e. The summed E-state index contributed by atoms with van der Waals surface area (Å²) < 4.78 is 7.56. The van der Waals surface area contributed by atoms with Crippen molar-refractivity contribution < 1.29 is 0 Å². The van der Waals surface area contributed by atoms with Gasteiger partial charge >= 0.3 is 0 Å². The van der Waals surface area contributed by atoms with Gasteiger partial charge in [-0.1, -0.05) is 145 Å². The Morgan fingerprint density at radius 1 is 0.356 bits per heavy atom. The molecule has 286 valence electrons. The van der Waals surface area contributed by atoms with Gasteiger partial charge < -0.3 is 9.13 Å². The first-order chi connectivity index (χ1) is 28.5. The molecule has 0 amide bonds. The summed E-state index contributed by atoms with van der Waals surface area (Å²) in [5, 5.41) is 7.94. The molecule has 0 saturated heterocycles. The Kier molecular flexibility index (Phi) is 7.90. The summed E-state index contributed by atoms with van der Waals surface area (Å²) in [5.74, 6) is 0. The maximum absolute atomic E-state index is 2.43. The molecule has 0 spiro atoms. The fourth-order valence-corrected chi connectivity index (χ4v) is 10.5. The van der Waals surface area contributed by atoms with Crippen LogP contribution in [0.5, 0.6) is 0 Å². The van der Waals surface area contributed by atoms with Gasteiger partial charge in [0.1, 0.15) is 0 Å². The van der Waals surface area contributed by atoms with Crippen molar-refractivity contribution in [3.05, 3.63) is 181 Å². The number of aromatic nitrogens is 2. The number of benzene rings is 8. The Hall–Kier alpha value is -6.42. The Balaban J connectivity index is 0.912. The average Bonchev–Trinajstić information content (AvgIpc) is 3.90. The second-order valence-corrected chi connectivity index (χ2v) is 19.3. The number of nitrogens with zero attached hydrogens (tertiary/aromatic N) is 2. The number of para-hydroxylation sites is 1. The third-order valence-electron chi connectivity index (χ3n) is 12.5. The number of fused-ring (bicyclic) bond motifs is 10. The van der Waals surface area contributed by atoms with Crippen LogP contribution in [0.15, 0.2) is 170 Å². The van der Waals surface area contributed by atoms with Crippen molar-refractivity contribution in [3.8, 4) is 33.6 Å². The lowest BCUT2D eigenvalue weighted by atomic mass is 9.85. The van der Waals surface area contributed by atoms with Crippen LogP contribution in [-0.2, 0) is 10.8 Å². The standard InChI is InChI=1S/C56H46N2S/c1-55(2,3)39-23-30-49-46(33-39)47-34-40(56(4,5)6)24-31-50(47)57(49)41-25-19-37(20-26-41)35-15-17-36(18-16-35)38-21-27-42(28-22-38)58-48-13-9-7-12-45(48)53-51(58)32-29-44-43-11-8-10-14-52(43)59-54(44)53/h7-34H,1-6H3. The van der Waals surface area contributed by atoms with Crippen molar-refractivity contribution in [1.29, 1.82) is 0 Å². The fraction of sp³-hybridized carbons (Fsp3) is 0.143. The van der Waals surface area contributed by atoms with Gasteiger partial charge in [0, 0.05) is 53.1 Å². The second kappa shape index (κ2) is 13.0. The van der Waals surface area contributed by atoms with Gasteiger partial charge in [-0.05, 0) is 111 Å². The molecule has 11 rings (SSSR count). The average molecular weight is 779 g/mol. The molecule has 0 unspecified atom stereocenters. The molecule has 0 aliphatic heterocycles. The van der Waals surface area contributed by atoms with E-state index < -0.39 is 0 Å². The van der Waals surface area contributed by atoms with Gasteiger partial charge in [-0.15, -0.1) is 11.3 Å². The topological polar surface area (TPSA) is 9.86 Å². The van der Waals surface area contributed by atoms with Crippen LogP contribution < -0.4 is 0 Å². The monoisotopic (exact) mass is 778 g/mol. The molecular weight excluding hydrogens is 733 g/mol. The van der Waals surface area contributed by atoms with Crippen LogP contribution in [0.25, 0.3) is 97.4 Å². The first-order valence-corrected chi connectivity index (χ1v) is 21.6. The van der Waals surface area contributed by atoms with Crippen LogP contribution in [0.4, 0.5) is 0 Å². The van der Waals surface area contributed by atoms with Gasteiger partial charge in [0.05, 0.1) is 22.1 Å². The van der Waals surface area contributed by atoms with E-state index in [9.17, 15) is 0 Å². The molecule has 0 saturated carbocycles. The SMILES string of the molecule is CC(C)(C)c1ccc2c(c1)c1cc(C(C)(C)C)ccc1n2-c1ccc(-c2ccc(-c3ccc(-n4c5ccccc5c5c6sc7ccccc7c6ccc54)cc3)cc2)cc1. The van der Waals surface area contributed by atoms with Crippen LogP contribution >= 0.6 is 11.3 Å². The van der Waals surface area contributed by atoms with E-state index in [1.165, 1.54) is 109 Å². The van der Waals surface area contributed by atoms with Crippen molar-refractivity contribution in [2.24, 2.45) is 0 Å². The van der Waals surface area contributed by atoms with Crippen LogP contribution in [0.1, 0.15) is 52.7 Å². The van der Waals surface area contributed by atoms with E-state index in [0.717, 1.165) is 0 Å². The highest BCUT2D eigenvalue weighted by Gasteiger charge is 2.21. The fourth-order valence-electron chi connectivity index (χ4n) is 9.21. The molecule has 3 heteroatoms. The van der Waals surface area contributed by atoms with Gasteiger partial charge in [0.15, 0.2) is 0 Å². The Bertz CT molecular complexity index is 3340. The smallest absolute Gasteiger partial charge is 0.0555 e. The minimum atomic E-state index is 0.0759. The van der Waals surface area contributed by atoms with Crippen LogP contribution in [0.2, 0.25) is 0 Å². The Morgan fingerprint density at radius 3 is 1.31 bits per heavy atom. The molecular formula is C56H46N2S. The molecule has 0 atom stereocenters. The van der Waals surface area contributed by atoms with Crippen LogP contribution in [-0.4, -0.2) is 9.13 Å². The summed E-state index contributed by atoms with van der Waals surface area (Å²) in [4.78, 5) is 0. The van der Waals surface area contributed by atoms with Crippen molar-refractivity contribution >= 4 is 75.1 Å². The molecule has 0 N–H and O–H groups in total. The normalized spacial score (nSPS) is 12.6. The molecule has 2 nitrogen and oxygen atoms in total. The third kappa shape index (κ3) is 5.74. The number of hydrogen-bond donors (Lipinski definition) is 0. The van der Waals surface area contributed by atoms with Crippen molar-refractivity contribution in [2.45, 2.75) is 52.4 Å². The number of hydrogen-bond acceptors (Lipinski definition) is 1. The predicted molar refractivity (Wildman–Crippen MR) is 256 cm³/mol. The summed E-state index contributed by atoms with van der Waals surface area (Å²) in [6, 6.07) is 63.5. The molecule has 3 heterocycles. The van der Waals surface area contributed by atoms with Gasteiger partial charge in [-0.25, -0.2) is 0 Å². The van der Waals surface area contributed by atoms with E-state index >= 15 is 0 Å². The Morgan fingerprint density at radius 2 is 0.780 bits per heavy atom. The molecule has 59 heavy (non-hydrogen) atoms. The molecule has 0 aliphatic carbocycles.